The van der Waals surface area contributed by atoms with Gasteiger partial charge in [-0.1, -0.05) is 26.2 Å². The van der Waals surface area contributed by atoms with Gasteiger partial charge in [-0.3, -0.25) is 4.79 Å². The normalized spacial score (nSPS) is 10.2. The number of aromatic carboxylic acids is 1. The van der Waals surface area contributed by atoms with Gasteiger partial charge in [0, 0.05) is 4.90 Å². The van der Waals surface area contributed by atoms with Gasteiger partial charge in [0.1, 0.15) is 0 Å². The summed E-state index contributed by atoms with van der Waals surface area (Å²) in [5.41, 5.74) is 0.243. The van der Waals surface area contributed by atoms with E-state index in [4.69, 9.17) is 9.84 Å². The number of hydrogen-bond acceptors (Lipinski definition) is 4. The van der Waals surface area contributed by atoms with Crippen LogP contribution >= 0.6 is 11.8 Å². The van der Waals surface area contributed by atoms with E-state index < -0.39 is 5.97 Å². The molecule has 0 saturated carbocycles. The first-order valence-corrected chi connectivity index (χ1v) is 7.74. The lowest BCUT2D eigenvalue weighted by atomic mass is 10.2. The number of hydrogen-bond donors (Lipinski definition) is 1. The quantitative estimate of drug-likeness (QED) is 0.428. The molecule has 0 amide bonds. The predicted octanol–water partition coefficient (Wildman–Crippen LogP) is 3.60. The van der Waals surface area contributed by atoms with Crippen molar-refractivity contribution in [2.45, 2.75) is 37.5 Å². The smallest absolute Gasteiger partial charge is 0.335 e. The fraction of sp³-hybridized carbons (Fsp3) is 0.467. The molecule has 0 aliphatic heterocycles. The molecule has 0 saturated heterocycles. The fourth-order valence-electron chi connectivity index (χ4n) is 1.59. The van der Waals surface area contributed by atoms with Crippen molar-refractivity contribution in [3.63, 3.8) is 0 Å². The zero-order valence-electron chi connectivity index (χ0n) is 11.6. The summed E-state index contributed by atoms with van der Waals surface area (Å²) in [5.74, 6) is -0.929. The van der Waals surface area contributed by atoms with E-state index in [1.54, 1.807) is 12.1 Å². The van der Waals surface area contributed by atoms with Gasteiger partial charge in [0.25, 0.3) is 0 Å². The maximum Gasteiger partial charge on any atom is 0.335 e. The van der Waals surface area contributed by atoms with Crippen LogP contribution in [0.25, 0.3) is 0 Å². The highest BCUT2D eigenvalue weighted by atomic mass is 32.2. The standard InChI is InChI=1S/C15H20O4S/c1-2-3-4-5-10-19-14(16)11-20-13-8-6-12(7-9-13)15(17)18/h6-9H,2-5,10-11H2,1H3,(H,17,18). The van der Waals surface area contributed by atoms with E-state index in [-0.39, 0.29) is 17.3 Å². The summed E-state index contributed by atoms with van der Waals surface area (Å²) in [6.07, 6.45) is 4.34. The number of carboxylic acid groups (broad SMARTS) is 1. The molecule has 1 aromatic carbocycles. The molecule has 0 aliphatic carbocycles. The number of rotatable bonds is 9. The lowest BCUT2D eigenvalue weighted by Crippen LogP contribution is -2.08. The van der Waals surface area contributed by atoms with Crippen molar-refractivity contribution in [3.05, 3.63) is 29.8 Å². The van der Waals surface area contributed by atoms with Gasteiger partial charge >= 0.3 is 11.9 Å². The Morgan fingerprint density at radius 3 is 2.45 bits per heavy atom. The second-order valence-electron chi connectivity index (χ2n) is 4.40. The molecule has 0 atom stereocenters. The van der Waals surface area contributed by atoms with Crippen molar-refractivity contribution in [3.8, 4) is 0 Å². The molecule has 0 heterocycles. The lowest BCUT2D eigenvalue weighted by Gasteiger charge is -2.05. The van der Waals surface area contributed by atoms with Crippen LogP contribution in [0.4, 0.5) is 0 Å². The minimum absolute atomic E-state index is 0.228. The van der Waals surface area contributed by atoms with E-state index >= 15 is 0 Å². The van der Waals surface area contributed by atoms with Crippen molar-refractivity contribution in [1.29, 1.82) is 0 Å². The Morgan fingerprint density at radius 2 is 1.85 bits per heavy atom. The Bertz CT molecular complexity index is 428. The number of carboxylic acids is 1. The molecular formula is C15H20O4S. The summed E-state index contributed by atoms with van der Waals surface area (Å²) in [5, 5.41) is 8.77. The zero-order chi connectivity index (χ0) is 14.8. The van der Waals surface area contributed by atoms with E-state index in [1.807, 2.05) is 0 Å². The second-order valence-corrected chi connectivity index (χ2v) is 5.45. The highest BCUT2D eigenvalue weighted by molar-refractivity contribution is 8.00. The Hall–Kier alpha value is -1.49. The number of thioether (sulfide) groups is 1. The average Bonchev–Trinajstić information content (AvgIpc) is 2.45. The third-order valence-corrected chi connectivity index (χ3v) is 3.70. The van der Waals surface area contributed by atoms with Crippen molar-refractivity contribution in [1.82, 2.24) is 0 Å². The summed E-state index contributed by atoms with van der Waals surface area (Å²) < 4.78 is 5.12. The van der Waals surface area contributed by atoms with E-state index in [1.165, 1.54) is 30.3 Å². The molecule has 0 spiro atoms. The molecule has 1 aromatic rings. The average molecular weight is 296 g/mol. The molecule has 0 radical (unpaired) electrons. The number of esters is 1. The van der Waals surface area contributed by atoms with Gasteiger partial charge in [0.05, 0.1) is 17.9 Å². The van der Waals surface area contributed by atoms with Crippen molar-refractivity contribution in [2.24, 2.45) is 0 Å². The van der Waals surface area contributed by atoms with Gasteiger partial charge < -0.3 is 9.84 Å². The number of carbonyl (C=O) groups excluding carboxylic acids is 1. The molecular weight excluding hydrogens is 276 g/mol. The van der Waals surface area contributed by atoms with Crippen LogP contribution in [0.3, 0.4) is 0 Å². The van der Waals surface area contributed by atoms with Crippen LogP contribution in [-0.2, 0) is 9.53 Å². The third-order valence-electron chi connectivity index (χ3n) is 2.72. The molecule has 0 aromatic heterocycles. The maximum absolute atomic E-state index is 11.5. The molecule has 110 valence electrons. The molecule has 4 nitrogen and oxygen atoms in total. The number of unbranched alkanes of at least 4 members (excludes halogenated alkanes) is 3. The van der Waals surface area contributed by atoms with Crippen LogP contribution in [0.1, 0.15) is 43.0 Å². The van der Waals surface area contributed by atoms with E-state index in [0.717, 1.165) is 24.2 Å². The summed E-state index contributed by atoms with van der Waals surface area (Å²) in [6, 6.07) is 6.45. The Balaban J connectivity index is 2.22. The van der Waals surface area contributed by atoms with Crippen LogP contribution in [0.5, 0.6) is 0 Å². The molecule has 0 aliphatic rings. The minimum Gasteiger partial charge on any atom is -0.478 e. The van der Waals surface area contributed by atoms with Gasteiger partial charge in [-0.25, -0.2) is 4.79 Å². The molecule has 0 bridgehead atoms. The molecule has 20 heavy (non-hydrogen) atoms. The largest absolute Gasteiger partial charge is 0.478 e. The van der Waals surface area contributed by atoms with Crippen molar-refractivity contribution in [2.75, 3.05) is 12.4 Å². The predicted molar refractivity (Wildman–Crippen MR) is 79.2 cm³/mol. The summed E-state index contributed by atoms with van der Waals surface area (Å²) in [6.45, 7) is 2.62. The Kier molecular flexibility index (Phi) is 7.80. The number of ether oxygens (including phenoxy) is 1. The Labute approximate surface area is 123 Å². The van der Waals surface area contributed by atoms with E-state index in [2.05, 4.69) is 6.92 Å². The first-order valence-electron chi connectivity index (χ1n) is 6.75. The first-order chi connectivity index (χ1) is 9.63. The Morgan fingerprint density at radius 1 is 1.15 bits per heavy atom. The molecule has 0 unspecified atom stereocenters. The molecule has 1 N–H and O–H groups in total. The third kappa shape index (κ3) is 6.61. The molecule has 5 heteroatoms. The van der Waals surface area contributed by atoms with E-state index in [9.17, 15) is 9.59 Å². The van der Waals surface area contributed by atoms with Crippen molar-refractivity contribution >= 4 is 23.7 Å². The monoisotopic (exact) mass is 296 g/mol. The van der Waals surface area contributed by atoms with Gasteiger partial charge in [0.2, 0.25) is 0 Å². The van der Waals surface area contributed by atoms with Crippen LogP contribution in [0.2, 0.25) is 0 Å². The fourth-order valence-corrected chi connectivity index (χ4v) is 2.29. The SMILES string of the molecule is CCCCCCOC(=O)CSc1ccc(C(=O)O)cc1. The van der Waals surface area contributed by atoms with Crippen LogP contribution < -0.4 is 0 Å². The van der Waals surface area contributed by atoms with Crippen LogP contribution in [-0.4, -0.2) is 29.4 Å². The number of carbonyl (C=O) groups is 2. The minimum atomic E-state index is -0.951. The van der Waals surface area contributed by atoms with Crippen molar-refractivity contribution < 1.29 is 19.4 Å². The van der Waals surface area contributed by atoms with Gasteiger partial charge in [-0.15, -0.1) is 11.8 Å². The van der Waals surface area contributed by atoms with Crippen LogP contribution in [0, 0.1) is 0 Å². The van der Waals surface area contributed by atoms with Gasteiger partial charge in [0.15, 0.2) is 0 Å². The van der Waals surface area contributed by atoms with Gasteiger partial charge in [-0.05, 0) is 30.7 Å². The lowest BCUT2D eigenvalue weighted by molar-refractivity contribution is -0.140. The highest BCUT2D eigenvalue weighted by Gasteiger charge is 2.06. The molecule has 1 rings (SSSR count). The zero-order valence-corrected chi connectivity index (χ0v) is 12.4. The number of benzene rings is 1. The van der Waals surface area contributed by atoms with Gasteiger partial charge in [-0.2, -0.15) is 0 Å². The summed E-state index contributed by atoms with van der Waals surface area (Å²) >= 11 is 1.35. The second kappa shape index (κ2) is 9.42. The topological polar surface area (TPSA) is 63.6 Å². The first kappa shape index (κ1) is 16.6. The van der Waals surface area contributed by atoms with E-state index in [0.29, 0.717) is 6.61 Å². The highest BCUT2D eigenvalue weighted by Crippen LogP contribution is 2.18. The summed E-state index contributed by atoms with van der Waals surface area (Å²) in [4.78, 5) is 23.0. The molecule has 0 fully saturated rings. The maximum atomic E-state index is 11.5. The summed E-state index contributed by atoms with van der Waals surface area (Å²) in [7, 11) is 0. The van der Waals surface area contributed by atoms with Crippen LogP contribution in [0.15, 0.2) is 29.2 Å².